The second kappa shape index (κ2) is 7.32. The van der Waals surface area contributed by atoms with E-state index in [0.717, 1.165) is 36.1 Å². The van der Waals surface area contributed by atoms with E-state index in [4.69, 9.17) is 0 Å². The molecule has 0 aliphatic carbocycles. The maximum atomic E-state index is 13.2. The number of hydrogen-bond acceptors (Lipinski definition) is 6. The largest absolute Gasteiger partial charge is 0.437 e. The minimum absolute atomic E-state index is 0.0901. The van der Waals surface area contributed by atoms with Gasteiger partial charge in [0.1, 0.15) is 11.4 Å². The summed E-state index contributed by atoms with van der Waals surface area (Å²) >= 11 is 2.38. The number of fused-ring (bicyclic) bond motifs is 3. The Balaban J connectivity index is 1.48. The Hall–Kier alpha value is -2.42. The molecule has 2 bridgehead atoms. The third-order valence-corrected chi connectivity index (χ3v) is 6.91. The number of alkyl halides is 4. The minimum atomic E-state index is -4.69. The molecule has 5 rings (SSSR count). The van der Waals surface area contributed by atoms with Crippen LogP contribution in [0.15, 0.2) is 24.7 Å². The second-order valence-electron chi connectivity index (χ2n) is 7.64. The first kappa shape index (κ1) is 20.5. The van der Waals surface area contributed by atoms with Crippen molar-refractivity contribution in [2.24, 2.45) is 7.05 Å². The van der Waals surface area contributed by atoms with Gasteiger partial charge in [-0.3, -0.25) is 9.48 Å². The lowest BCUT2D eigenvalue weighted by Crippen LogP contribution is -2.56. The van der Waals surface area contributed by atoms with Gasteiger partial charge < -0.3 is 15.5 Å². The Morgan fingerprint density at radius 2 is 2.16 bits per heavy atom. The molecule has 3 atom stereocenters. The Kier molecular flexibility index (Phi) is 4.84. The van der Waals surface area contributed by atoms with Crippen molar-refractivity contribution in [3.05, 3.63) is 35.9 Å². The molecular formula is C18H18F3IN8O. The van der Waals surface area contributed by atoms with Crippen LogP contribution in [0.4, 0.5) is 24.7 Å². The molecule has 2 saturated heterocycles. The first-order chi connectivity index (χ1) is 14.7. The molecule has 2 aliphatic rings. The summed E-state index contributed by atoms with van der Waals surface area (Å²) in [4.78, 5) is 19.8. The van der Waals surface area contributed by atoms with Gasteiger partial charge >= 0.3 is 6.18 Å². The van der Waals surface area contributed by atoms with Crippen LogP contribution in [-0.2, 0) is 13.2 Å². The van der Waals surface area contributed by atoms with Crippen molar-refractivity contribution in [3.8, 4) is 0 Å². The van der Waals surface area contributed by atoms with Crippen LogP contribution in [0.1, 0.15) is 28.9 Å². The molecule has 164 valence electrons. The Morgan fingerprint density at radius 1 is 1.35 bits per heavy atom. The number of aromatic nitrogens is 5. The van der Waals surface area contributed by atoms with Crippen LogP contribution >= 0.6 is 22.6 Å². The summed E-state index contributed by atoms with van der Waals surface area (Å²) in [5.41, 5.74) is -1.19. The molecule has 3 aromatic rings. The summed E-state index contributed by atoms with van der Waals surface area (Å²) < 4.78 is 42.4. The van der Waals surface area contributed by atoms with Crippen LogP contribution in [0.3, 0.4) is 0 Å². The van der Waals surface area contributed by atoms with E-state index >= 15 is 0 Å². The standard InChI is InChI=1S/C18H18F3IN8O/c1-28-8-11(14(27-28)18(19,20)21)25-17(31)10-7-24-29-5-4-13(26-16(10)29)30-9-2-3-12(30)15(22)23-6-9/h4-5,7-9,12,15,23H,2-3,6H2,1H3,(H,25,31)/t9-,12+,15-/m1/s1. The molecule has 13 heteroatoms. The maximum absolute atomic E-state index is 13.2. The number of amides is 1. The van der Waals surface area contributed by atoms with Crippen LogP contribution in [0, 0.1) is 0 Å². The zero-order chi connectivity index (χ0) is 21.9. The van der Waals surface area contributed by atoms with E-state index in [2.05, 4.69) is 53.3 Å². The maximum Gasteiger partial charge on any atom is 0.437 e. The predicted molar refractivity (Wildman–Crippen MR) is 114 cm³/mol. The van der Waals surface area contributed by atoms with Gasteiger partial charge in [0.15, 0.2) is 11.3 Å². The number of aryl methyl sites for hydroxylation is 1. The van der Waals surface area contributed by atoms with Gasteiger partial charge in [0.2, 0.25) is 0 Å². The molecule has 1 amide bonds. The first-order valence-electron chi connectivity index (χ1n) is 9.65. The Labute approximate surface area is 188 Å². The van der Waals surface area contributed by atoms with Gasteiger partial charge in [-0.1, -0.05) is 22.6 Å². The molecular weight excluding hydrogens is 528 g/mol. The van der Waals surface area contributed by atoms with Gasteiger partial charge in [-0.2, -0.15) is 23.4 Å². The summed E-state index contributed by atoms with van der Waals surface area (Å²) in [6, 6.07) is 2.46. The fourth-order valence-electron chi connectivity index (χ4n) is 4.28. The molecule has 0 aromatic carbocycles. The highest BCUT2D eigenvalue weighted by Crippen LogP contribution is 2.36. The quantitative estimate of drug-likeness (QED) is 0.298. The van der Waals surface area contributed by atoms with Gasteiger partial charge in [-0.15, -0.1) is 0 Å². The lowest BCUT2D eigenvalue weighted by Gasteiger charge is -2.39. The van der Waals surface area contributed by atoms with E-state index in [1.54, 1.807) is 6.20 Å². The average molecular weight is 546 g/mol. The van der Waals surface area contributed by atoms with Crippen molar-refractivity contribution in [1.29, 1.82) is 0 Å². The topological polar surface area (TPSA) is 92.4 Å². The smallest absolute Gasteiger partial charge is 0.347 e. The zero-order valence-electron chi connectivity index (χ0n) is 16.3. The van der Waals surface area contributed by atoms with Crippen molar-refractivity contribution < 1.29 is 18.0 Å². The van der Waals surface area contributed by atoms with E-state index in [0.29, 0.717) is 12.1 Å². The van der Waals surface area contributed by atoms with E-state index in [-0.39, 0.29) is 15.3 Å². The Morgan fingerprint density at radius 3 is 2.94 bits per heavy atom. The highest BCUT2D eigenvalue weighted by atomic mass is 127. The number of halogens is 4. The minimum Gasteiger partial charge on any atom is -0.347 e. The van der Waals surface area contributed by atoms with Crippen LogP contribution in [0.25, 0.3) is 5.65 Å². The molecule has 31 heavy (non-hydrogen) atoms. The Bertz CT molecular complexity index is 1160. The van der Waals surface area contributed by atoms with Crippen LogP contribution in [-0.4, -0.2) is 53.0 Å². The van der Waals surface area contributed by atoms with Crippen LogP contribution < -0.4 is 15.5 Å². The van der Waals surface area contributed by atoms with Crippen LogP contribution in [0.5, 0.6) is 0 Å². The predicted octanol–water partition coefficient (Wildman–Crippen LogP) is 2.44. The van der Waals surface area contributed by atoms with Gasteiger partial charge in [0.25, 0.3) is 5.91 Å². The van der Waals surface area contributed by atoms with Gasteiger partial charge in [0, 0.05) is 32.0 Å². The highest BCUT2D eigenvalue weighted by Gasteiger charge is 2.42. The van der Waals surface area contributed by atoms with E-state index in [1.807, 2.05) is 6.07 Å². The van der Waals surface area contributed by atoms with Crippen molar-refractivity contribution in [2.75, 3.05) is 16.8 Å². The number of rotatable bonds is 3. The summed E-state index contributed by atoms with van der Waals surface area (Å²) in [5, 5.41) is 13.3. The average Bonchev–Trinajstić information content (AvgIpc) is 3.38. The van der Waals surface area contributed by atoms with E-state index < -0.39 is 23.5 Å². The summed E-state index contributed by atoms with van der Waals surface area (Å²) in [6.07, 6.45) is 1.55. The molecule has 2 N–H and O–H groups in total. The first-order valence-corrected chi connectivity index (χ1v) is 10.9. The lowest BCUT2D eigenvalue weighted by molar-refractivity contribution is -0.140. The number of carbonyl (C=O) groups excluding carboxylic acids is 1. The molecule has 2 aliphatic heterocycles. The van der Waals surface area contributed by atoms with Crippen molar-refractivity contribution >= 4 is 45.7 Å². The molecule has 0 saturated carbocycles. The molecule has 2 fully saturated rings. The van der Waals surface area contributed by atoms with Gasteiger partial charge in [0.05, 0.1) is 22.0 Å². The molecule has 9 nitrogen and oxygen atoms in total. The highest BCUT2D eigenvalue weighted by molar-refractivity contribution is 14.1. The third-order valence-electron chi connectivity index (χ3n) is 5.64. The number of piperazine rings is 1. The van der Waals surface area contributed by atoms with Crippen molar-refractivity contribution in [2.45, 2.75) is 35.2 Å². The number of nitrogens with zero attached hydrogens (tertiary/aromatic N) is 6. The second-order valence-corrected chi connectivity index (χ2v) is 8.99. The number of carbonyl (C=O) groups is 1. The monoisotopic (exact) mass is 546 g/mol. The normalized spacial score (nSPS) is 23.5. The SMILES string of the molecule is Cn1cc(NC(=O)c2cnn3ccc(N4[C@@H]5CC[C@H]4[C@H](I)NC5)nc23)c(C(F)(F)F)n1. The molecule has 3 aromatic heterocycles. The van der Waals surface area contributed by atoms with Gasteiger partial charge in [-0.05, 0) is 18.9 Å². The van der Waals surface area contributed by atoms with E-state index in [1.165, 1.54) is 17.8 Å². The fraction of sp³-hybridized carbons (Fsp3) is 0.444. The third kappa shape index (κ3) is 3.52. The van der Waals surface area contributed by atoms with Gasteiger partial charge in [-0.25, -0.2) is 9.50 Å². The summed E-state index contributed by atoms with van der Waals surface area (Å²) in [6.45, 7) is 0.852. The molecule has 0 radical (unpaired) electrons. The molecule has 5 heterocycles. The fourth-order valence-corrected chi connectivity index (χ4v) is 5.24. The number of nitrogens with one attached hydrogen (secondary N) is 2. The molecule has 0 unspecified atom stereocenters. The summed E-state index contributed by atoms with van der Waals surface area (Å²) in [7, 11) is 1.36. The lowest BCUT2D eigenvalue weighted by atomic mass is 10.2. The number of hydrogen-bond donors (Lipinski definition) is 2. The zero-order valence-corrected chi connectivity index (χ0v) is 18.4. The van der Waals surface area contributed by atoms with Crippen molar-refractivity contribution in [1.82, 2.24) is 29.7 Å². The van der Waals surface area contributed by atoms with Crippen LogP contribution in [0.2, 0.25) is 0 Å². The van der Waals surface area contributed by atoms with Crippen molar-refractivity contribution in [3.63, 3.8) is 0 Å². The molecule has 0 spiro atoms. The summed E-state index contributed by atoms with van der Waals surface area (Å²) in [5.74, 6) is 0.00303. The number of anilines is 2. The van der Waals surface area contributed by atoms with E-state index in [9.17, 15) is 18.0 Å².